The highest BCUT2D eigenvalue weighted by Gasteiger charge is 1.98. The van der Waals surface area contributed by atoms with Crippen LogP contribution in [0.3, 0.4) is 0 Å². The van der Waals surface area contributed by atoms with Gasteiger partial charge >= 0.3 is 0 Å². The van der Waals surface area contributed by atoms with Crippen LogP contribution in [0.5, 0.6) is 5.75 Å². The van der Waals surface area contributed by atoms with Crippen molar-refractivity contribution in [1.82, 2.24) is 0 Å². The second-order valence-corrected chi connectivity index (χ2v) is 4.02. The molecular weight excluding hydrogens is 204 g/mol. The number of benzene rings is 1. The van der Waals surface area contributed by atoms with Crippen LogP contribution in [0.4, 0.5) is 0 Å². The van der Waals surface area contributed by atoms with Gasteiger partial charge in [-0.3, -0.25) is 4.55 Å². The second-order valence-electron chi connectivity index (χ2n) is 2.72. The predicted octanol–water partition coefficient (Wildman–Crippen LogP) is 1.34. The summed E-state index contributed by atoms with van der Waals surface area (Å²) in [5, 5.41) is 9.99. The highest BCUT2D eigenvalue weighted by Crippen LogP contribution is 2.16. The summed E-state index contributed by atoms with van der Waals surface area (Å²) in [5.41, 5.74) is 0.604. The van der Waals surface area contributed by atoms with Gasteiger partial charge in [0.05, 0.1) is 5.41 Å². The summed E-state index contributed by atoms with van der Waals surface area (Å²) < 4.78 is 29.0. The average Bonchev–Trinajstić information content (AvgIpc) is 2.06. The van der Waals surface area contributed by atoms with E-state index in [2.05, 4.69) is 0 Å². The van der Waals surface area contributed by atoms with Crippen LogP contribution in [0.2, 0.25) is 0 Å². The number of para-hydroxylation sites is 1. The molecule has 0 saturated carbocycles. The van der Waals surface area contributed by atoms with Gasteiger partial charge in [0.15, 0.2) is 0 Å². The van der Waals surface area contributed by atoms with Gasteiger partial charge in [-0.2, -0.15) is 8.42 Å². The molecule has 5 heteroatoms. The fraction of sp³-hybridized carbons (Fsp3) is 0.111. The summed E-state index contributed by atoms with van der Waals surface area (Å²) in [6.07, 6.45) is 1.52. The van der Waals surface area contributed by atoms with Crippen LogP contribution in [0.15, 0.2) is 35.7 Å². The zero-order valence-corrected chi connectivity index (χ0v) is 8.11. The van der Waals surface area contributed by atoms with Crippen molar-refractivity contribution in [3.8, 4) is 5.75 Å². The molecular formula is C9H10O4S. The van der Waals surface area contributed by atoms with E-state index < -0.39 is 10.1 Å². The number of phenols is 1. The smallest absolute Gasteiger partial charge is 0.287 e. The molecule has 76 valence electrons. The van der Waals surface area contributed by atoms with Gasteiger partial charge in [0, 0.05) is 0 Å². The SMILES string of the molecule is O=S(=O)(O)C=CCc1ccccc1O. The highest BCUT2D eigenvalue weighted by atomic mass is 32.2. The summed E-state index contributed by atoms with van der Waals surface area (Å²) in [5.74, 6) is 0.104. The van der Waals surface area contributed by atoms with E-state index in [-0.39, 0.29) is 12.2 Å². The Hall–Kier alpha value is -1.33. The normalized spacial score (nSPS) is 12.1. The van der Waals surface area contributed by atoms with Crippen LogP contribution in [-0.4, -0.2) is 18.1 Å². The first-order chi connectivity index (χ1) is 6.49. The van der Waals surface area contributed by atoms with E-state index in [1.165, 1.54) is 12.1 Å². The summed E-state index contributed by atoms with van der Waals surface area (Å²) in [6, 6.07) is 6.59. The molecule has 1 aromatic carbocycles. The van der Waals surface area contributed by atoms with Crippen molar-refractivity contribution in [1.29, 1.82) is 0 Å². The highest BCUT2D eigenvalue weighted by molar-refractivity contribution is 7.88. The third-order valence-corrected chi connectivity index (χ3v) is 2.13. The van der Waals surface area contributed by atoms with Crippen molar-refractivity contribution in [3.05, 3.63) is 41.3 Å². The standard InChI is InChI=1S/C9H10O4S/c10-9-6-2-1-4-8(9)5-3-7-14(11,12)13/h1-4,6-7,10H,5H2,(H,11,12,13). The fourth-order valence-corrected chi connectivity index (χ4v) is 1.32. The minimum Gasteiger partial charge on any atom is -0.508 e. The molecule has 1 rings (SSSR count). The van der Waals surface area contributed by atoms with Crippen molar-refractivity contribution >= 4 is 10.1 Å². The summed E-state index contributed by atoms with van der Waals surface area (Å²) in [7, 11) is -4.07. The van der Waals surface area contributed by atoms with E-state index in [9.17, 15) is 13.5 Å². The maximum Gasteiger partial charge on any atom is 0.287 e. The maximum atomic E-state index is 10.3. The molecule has 0 atom stereocenters. The van der Waals surface area contributed by atoms with Crippen LogP contribution in [0, 0.1) is 0 Å². The Bertz CT molecular complexity index is 434. The van der Waals surface area contributed by atoms with E-state index in [0.717, 1.165) is 0 Å². The molecule has 0 saturated heterocycles. The maximum absolute atomic E-state index is 10.3. The fourth-order valence-electron chi connectivity index (χ4n) is 0.980. The molecule has 0 heterocycles. The lowest BCUT2D eigenvalue weighted by Crippen LogP contribution is -1.90. The van der Waals surface area contributed by atoms with Crippen LogP contribution in [-0.2, 0) is 16.5 Å². The second kappa shape index (κ2) is 4.26. The van der Waals surface area contributed by atoms with Crippen molar-refractivity contribution in [2.45, 2.75) is 6.42 Å². The molecule has 14 heavy (non-hydrogen) atoms. The van der Waals surface area contributed by atoms with Gasteiger partial charge in [-0.25, -0.2) is 0 Å². The molecule has 0 amide bonds. The van der Waals surface area contributed by atoms with Crippen LogP contribution < -0.4 is 0 Å². The molecule has 0 unspecified atom stereocenters. The molecule has 0 radical (unpaired) electrons. The summed E-state index contributed by atoms with van der Waals surface area (Å²) in [6.45, 7) is 0. The van der Waals surface area contributed by atoms with E-state index in [1.54, 1.807) is 18.2 Å². The monoisotopic (exact) mass is 214 g/mol. The van der Waals surface area contributed by atoms with Gasteiger partial charge in [-0.05, 0) is 18.1 Å². The Morgan fingerprint density at radius 1 is 1.29 bits per heavy atom. The molecule has 0 aliphatic rings. The Labute approximate surface area is 82.3 Å². The van der Waals surface area contributed by atoms with Crippen LogP contribution in [0.1, 0.15) is 5.56 Å². The molecule has 2 N–H and O–H groups in total. The van der Waals surface area contributed by atoms with Crippen molar-refractivity contribution in [2.75, 3.05) is 0 Å². The largest absolute Gasteiger partial charge is 0.508 e. The van der Waals surface area contributed by atoms with Gasteiger partial charge in [0.2, 0.25) is 0 Å². The number of allylic oxidation sites excluding steroid dienone is 1. The number of hydrogen-bond donors (Lipinski definition) is 2. The minimum absolute atomic E-state index is 0.104. The lowest BCUT2D eigenvalue weighted by Gasteiger charge is -1.98. The zero-order valence-electron chi connectivity index (χ0n) is 7.29. The Balaban J connectivity index is 2.72. The molecule has 0 fully saturated rings. The van der Waals surface area contributed by atoms with E-state index >= 15 is 0 Å². The Kier molecular flexibility index (Phi) is 3.27. The molecule has 0 aliphatic carbocycles. The van der Waals surface area contributed by atoms with E-state index in [0.29, 0.717) is 11.0 Å². The van der Waals surface area contributed by atoms with Gasteiger partial charge in [0.1, 0.15) is 5.75 Å². The third kappa shape index (κ3) is 3.59. The van der Waals surface area contributed by atoms with Gasteiger partial charge < -0.3 is 5.11 Å². The Morgan fingerprint density at radius 2 is 1.93 bits per heavy atom. The third-order valence-electron chi connectivity index (χ3n) is 1.60. The minimum atomic E-state index is -4.07. The number of rotatable bonds is 3. The topological polar surface area (TPSA) is 74.6 Å². The molecule has 0 spiro atoms. The summed E-state index contributed by atoms with van der Waals surface area (Å²) >= 11 is 0. The number of hydrogen-bond acceptors (Lipinski definition) is 3. The first kappa shape index (κ1) is 10.7. The quantitative estimate of drug-likeness (QED) is 0.744. The van der Waals surface area contributed by atoms with Gasteiger partial charge in [0.25, 0.3) is 10.1 Å². The number of aromatic hydroxyl groups is 1. The summed E-state index contributed by atoms with van der Waals surface area (Å²) in [4.78, 5) is 0. The first-order valence-electron chi connectivity index (χ1n) is 3.90. The predicted molar refractivity (Wildman–Crippen MR) is 52.5 cm³/mol. The van der Waals surface area contributed by atoms with Gasteiger partial charge in [-0.1, -0.05) is 24.3 Å². The molecule has 0 aliphatic heterocycles. The van der Waals surface area contributed by atoms with Gasteiger partial charge in [-0.15, -0.1) is 0 Å². The first-order valence-corrected chi connectivity index (χ1v) is 5.40. The Morgan fingerprint density at radius 3 is 2.50 bits per heavy atom. The molecule has 4 nitrogen and oxygen atoms in total. The number of phenolic OH excluding ortho intramolecular Hbond substituents is 1. The van der Waals surface area contributed by atoms with E-state index in [1.807, 2.05) is 0 Å². The molecule has 1 aromatic rings. The average molecular weight is 214 g/mol. The lowest BCUT2D eigenvalue weighted by molar-refractivity contribution is 0.469. The van der Waals surface area contributed by atoms with Crippen molar-refractivity contribution < 1.29 is 18.1 Å². The molecule has 0 bridgehead atoms. The van der Waals surface area contributed by atoms with Crippen molar-refractivity contribution in [3.63, 3.8) is 0 Å². The lowest BCUT2D eigenvalue weighted by atomic mass is 10.1. The zero-order chi connectivity index (χ0) is 10.6. The van der Waals surface area contributed by atoms with Crippen LogP contribution >= 0.6 is 0 Å². The van der Waals surface area contributed by atoms with Crippen LogP contribution in [0.25, 0.3) is 0 Å². The molecule has 0 aromatic heterocycles. The van der Waals surface area contributed by atoms with Crippen molar-refractivity contribution in [2.24, 2.45) is 0 Å². The van der Waals surface area contributed by atoms with E-state index in [4.69, 9.17) is 4.55 Å².